The minimum atomic E-state index is -0.383. The second-order valence-corrected chi connectivity index (χ2v) is 5.73. The number of anilines is 1. The molecular formula is C19H19ClN2O3. The van der Waals surface area contributed by atoms with Crippen molar-refractivity contribution in [3.05, 3.63) is 64.7 Å². The minimum Gasteiger partial charge on any atom is -0.495 e. The quantitative estimate of drug-likeness (QED) is 0.777. The number of hydrogen-bond acceptors (Lipinski definition) is 3. The largest absolute Gasteiger partial charge is 0.495 e. The van der Waals surface area contributed by atoms with Crippen LogP contribution in [0.15, 0.2) is 48.5 Å². The fourth-order valence-electron chi connectivity index (χ4n) is 2.12. The van der Waals surface area contributed by atoms with Gasteiger partial charge in [0.25, 0.3) is 0 Å². The maximum Gasteiger partial charge on any atom is 0.244 e. The number of rotatable bonds is 6. The molecule has 0 aliphatic rings. The van der Waals surface area contributed by atoms with Gasteiger partial charge in [0.2, 0.25) is 11.8 Å². The maximum absolute atomic E-state index is 12.0. The van der Waals surface area contributed by atoms with E-state index in [1.807, 2.05) is 25.1 Å². The van der Waals surface area contributed by atoms with Gasteiger partial charge in [0, 0.05) is 11.1 Å². The summed E-state index contributed by atoms with van der Waals surface area (Å²) in [6.07, 6.45) is 2.93. The van der Waals surface area contributed by atoms with Gasteiger partial charge in [-0.3, -0.25) is 9.59 Å². The van der Waals surface area contributed by atoms with Crippen LogP contribution in [0.4, 0.5) is 5.69 Å². The van der Waals surface area contributed by atoms with Gasteiger partial charge in [-0.25, -0.2) is 0 Å². The number of carbonyl (C=O) groups excluding carboxylic acids is 2. The molecule has 0 radical (unpaired) electrons. The molecule has 0 atom stereocenters. The van der Waals surface area contributed by atoms with Crippen molar-refractivity contribution >= 4 is 35.2 Å². The first kappa shape index (κ1) is 18.5. The first-order valence-corrected chi connectivity index (χ1v) is 8.02. The fourth-order valence-corrected chi connectivity index (χ4v) is 2.31. The molecule has 0 heterocycles. The Bertz CT molecular complexity index is 803. The Morgan fingerprint density at radius 1 is 1.20 bits per heavy atom. The zero-order valence-corrected chi connectivity index (χ0v) is 14.8. The van der Waals surface area contributed by atoms with E-state index in [2.05, 4.69) is 10.6 Å². The number of ether oxygens (including phenoxy) is 1. The highest BCUT2D eigenvalue weighted by Gasteiger charge is 2.08. The summed E-state index contributed by atoms with van der Waals surface area (Å²) in [5.74, 6) is -0.168. The number of aryl methyl sites for hydroxylation is 1. The molecule has 2 N–H and O–H groups in total. The zero-order valence-electron chi connectivity index (χ0n) is 14.0. The summed E-state index contributed by atoms with van der Waals surface area (Å²) in [5, 5.41) is 5.79. The SMILES string of the molecule is COc1ccc(C)cc1NC(=O)CNC(=O)/C=C/c1ccccc1Cl. The van der Waals surface area contributed by atoms with Crippen LogP contribution in [0.1, 0.15) is 11.1 Å². The highest BCUT2D eigenvalue weighted by molar-refractivity contribution is 6.32. The van der Waals surface area contributed by atoms with Crippen LogP contribution >= 0.6 is 11.6 Å². The maximum atomic E-state index is 12.0. The highest BCUT2D eigenvalue weighted by atomic mass is 35.5. The van der Waals surface area contributed by atoms with Crippen molar-refractivity contribution in [2.75, 3.05) is 19.0 Å². The molecule has 0 fully saturated rings. The number of benzene rings is 2. The van der Waals surface area contributed by atoms with Crippen molar-refractivity contribution in [1.82, 2.24) is 5.32 Å². The van der Waals surface area contributed by atoms with Gasteiger partial charge in [0.15, 0.2) is 0 Å². The van der Waals surface area contributed by atoms with E-state index in [4.69, 9.17) is 16.3 Å². The highest BCUT2D eigenvalue weighted by Crippen LogP contribution is 2.24. The third-order valence-corrected chi connectivity index (χ3v) is 3.72. The van der Waals surface area contributed by atoms with Gasteiger partial charge in [0.1, 0.15) is 5.75 Å². The van der Waals surface area contributed by atoms with Crippen LogP contribution in [0.3, 0.4) is 0 Å². The van der Waals surface area contributed by atoms with E-state index in [-0.39, 0.29) is 18.4 Å². The van der Waals surface area contributed by atoms with Crippen molar-refractivity contribution in [3.63, 3.8) is 0 Å². The molecule has 2 aromatic carbocycles. The molecule has 2 amide bonds. The average molecular weight is 359 g/mol. The lowest BCUT2D eigenvalue weighted by atomic mass is 10.2. The number of methoxy groups -OCH3 is 1. The standard InChI is InChI=1S/C19H19ClN2O3/c1-13-7-9-17(25-2)16(11-13)22-19(24)12-21-18(23)10-8-14-5-3-4-6-15(14)20/h3-11H,12H2,1-2H3,(H,21,23)(H,22,24)/b10-8+. The van der Waals surface area contributed by atoms with Crippen LogP contribution in [-0.2, 0) is 9.59 Å². The van der Waals surface area contributed by atoms with Crippen LogP contribution in [0.2, 0.25) is 5.02 Å². The van der Waals surface area contributed by atoms with Crippen molar-refractivity contribution in [2.45, 2.75) is 6.92 Å². The Morgan fingerprint density at radius 2 is 1.96 bits per heavy atom. The summed E-state index contributed by atoms with van der Waals surface area (Å²) in [7, 11) is 1.53. The summed E-state index contributed by atoms with van der Waals surface area (Å²) in [4.78, 5) is 23.8. The lowest BCUT2D eigenvalue weighted by Gasteiger charge is -2.11. The lowest BCUT2D eigenvalue weighted by molar-refractivity contribution is -0.121. The molecule has 0 saturated heterocycles. The number of carbonyl (C=O) groups is 2. The van der Waals surface area contributed by atoms with Crippen LogP contribution in [0.5, 0.6) is 5.75 Å². The van der Waals surface area contributed by atoms with Gasteiger partial charge in [-0.15, -0.1) is 0 Å². The van der Waals surface area contributed by atoms with Crippen molar-refractivity contribution < 1.29 is 14.3 Å². The van der Waals surface area contributed by atoms with Gasteiger partial charge in [-0.2, -0.15) is 0 Å². The van der Waals surface area contributed by atoms with E-state index >= 15 is 0 Å². The van der Waals surface area contributed by atoms with Gasteiger partial charge in [0.05, 0.1) is 19.3 Å². The van der Waals surface area contributed by atoms with Crippen LogP contribution in [-0.4, -0.2) is 25.5 Å². The summed E-state index contributed by atoms with van der Waals surface area (Å²) in [5.41, 5.74) is 2.28. The molecule has 130 valence electrons. The molecule has 5 nitrogen and oxygen atoms in total. The fraction of sp³-hybridized carbons (Fsp3) is 0.158. The zero-order chi connectivity index (χ0) is 18.2. The summed E-state index contributed by atoms with van der Waals surface area (Å²) < 4.78 is 5.20. The van der Waals surface area contributed by atoms with E-state index in [0.717, 1.165) is 11.1 Å². The minimum absolute atomic E-state index is 0.150. The molecule has 0 aliphatic carbocycles. The Hall–Kier alpha value is -2.79. The predicted octanol–water partition coefficient (Wildman–Crippen LogP) is 3.43. The van der Waals surface area contributed by atoms with Crippen molar-refractivity contribution in [1.29, 1.82) is 0 Å². The summed E-state index contributed by atoms with van der Waals surface area (Å²) in [6.45, 7) is 1.76. The Labute approximate surface area is 151 Å². The Balaban J connectivity index is 1.89. The Kier molecular flexibility index (Phi) is 6.60. The van der Waals surface area contributed by atoms with Crippen LogP contribution < -0.4 is 15.4 Å². The first-order valence-electron chi connectivity index (χ1n) is 7.64. The molecule has 0 aromatic heterocycles. The number of amides is 2. The van der Waals surface area contributed by atoms with E-state index in [9.17, 15) is 9.59 Å². The lowest BCUT2D eigenvalue weighted by Crippen LogP contribution is -2.31. The van der Waals surface area contributed by atoms with E-state index < -0.39 is 0 Å². The topological polar surface area (TPSA) is 67.4 Å². The number of nitrogens with one attached hydrogen (secondary N) is 2. The van der Waals surface area contributed by atoms with Crippen molar-refractivity contribution in [3.8, 4) is 5.75 Å². The van der Waals surface area contributed by atoms with E-state index in [1.54, 1.807) is 30.3 Å². The molecule has 0 spiro atoms. The van der Waals surface area contributed by atoms with Gasteiger partial charge in [-0.1, -0.05) is 35.9 Å². The normalized spacial score (nSPS) is 10.5. The number of halogens is 1. The summed E-state index contributed by atoms with van der Waals surface area (Å²) >= 11 is 6.01. The van der Waals surface area contributed by atoms with E-state index in [1.165, 1.54) is 13.2 Å². The summed E-state index contributed by atoms with van der Waals surface area (Å²) in [6, 6.07) is 12.6. The number of hydrogen-bond donors (Lipinski definition) is 2. The molecule has 0 bridgehead atoms. The van der Waals surface area contributed by atoms with Gasteiger partial charge in [-0.05, 0) is 42.3 Å². The first-order chi connectivity index (χ1) is 12.0. The third-order valence-electron chi connectivity index (χ3n) is 3.37. The van der Waals surface area contributed by atoms with Gasteiger partial charge < -0.3 is 15.4 Å². The molecule has 2 aromatic rings. The monoisotopic (exact) mass is 358 g/mol. The molecule has 25 heavy (non-hydrogen) atoms. The molecule has 6 heteroatoms. The second kappa shape index (κ2) is 8.89. The van der Waals surface area contributed by atoms with E-state index in [0.29, 0.717) is 16.5 Å². The van der Waals surface area contributed by atoms with Crippen molar-refractivity contribution in [2.24, 2.45) is 0 Å². The molecular weight excluding hydrogens is 340 g/mol. The molecule has 0 aliphatic heterocycles. The predicted molar refractivity (Wildman–Crippen MR) is 99.9 cm³/mol. The molecule has 0 saturated carbocycles. The smallest absolute Gasteiger partial charge is 0.244 e. The van der Waals surface area contributed by atoms with Crippen LogP contribution in [0.25, 0.3) is 6.08 Å². The Morgan fingerprint density at radius 3 is 2.68 bits per heavy atom. The molecule has 2 rings (SSSR count). The van der Waals surface area contributed by atoms with Crippen LogP contribution in [0, 0.1) is 6.92 Å². The average Bonchev–Trinajstić information content (AvgIpc) is 2.59. The second-order valence-electron chi connectivity index (χ2n) is 5.32. The van der Waals surface area contributed by atoms with Gasteiger partial charge >= 0.3 is 0 Å². The molecule has 0 unspecified atom stereocenters. The third kappa shape index (κ3) is 5.65.